The topological polar surface area (TPSA) is 116 Å². The number of sulfone groups is 1. The van der Waals surface area contributed by atoms with E-state index < -0.39 is 21.8 Å². The fourth-order valence-electron chi connectivity index (χ4n) is 4.24. The number of rotatable bonds is 10. The maximum absolute atomic E-state index is 13.7. The lowest BCUT2D eigenvalue weighted by molar-refractivity contribution is -0.123. The normalized spacial score (nSPS) is 12.3. The second-order valence-electron chi connectivity index (χ2n) is 9.16. The summed E-state index contributed by atoms with van der Waals surface area (Å²) in [5, 5.41) is 3.62. The molecule has 0 bridgehead atoms. The van der Waals surface area contributed by atoms with Gasteiger partial charge in [0.25, 0.3) is 5.91 Å². The highest BCUT2D eigenvalue weighted by atomic mass is 35.5. The van der Waals surface area contributed by atoms with Gasteiger partial charge in [-0.2, -0.15) is 0 Å². The first-order valence-electron chi connectivity index (χ1n) is 12.8. The lowest BCUT2D eigenvalue weighted by atomic mass is 10.1. The van der Waals surface area contributed by atoms with Crippen LogP contribution in [0, 0.1) is 0 Å². The Morgan fingerprint density at radius 3 is 2.14 bits per heavy atom. The molecule has 5 rings (SSSR count). The van der Waals surface area contributed by atoms with Gasteiger partial charge in [0.05, 0.1) is 34.2 Å². The molecular formula is C31H26ClN3O6S2. The van der Waals surface area contributed by atoms with E-state index in [4.69, 9.17) is 25.8 Å². The number of benzene rings is 4. The van der Waals surface area contributed by atoms with Crippen molar-refractivity contribution in [1.82, 2.24) is 4.98 Å². The molecule has 220 valence electrons. The number of carbonyl (C=O) groups excluding carboxylic acids is 1. The van der Waals surface area contributed by atoms with E-state index in [1.807, 2.05) is 12.1 Å². The van der Waals surface area contributed by atoms with Crippen LogP contribution < -0.4 is 19.5 Å². The van der Waals surface area contributed by atoms with Crippen LogP contribution in [0.15, 0.2) is 99.7 Å². The average molecular weight is 636 g/mol. The summed E-state index contributed by atoms with van der Waals surface area (Å²) in [6, 6.07) is 22.5. The zero-order valence-corrected chi connectivity index (χ0v) is 25.7. The molecular weight excluding hydrogens is 610 g/mol. The molecule has 5 aromatic rings. The second-order valence-corrected chi connectivity index (χ2v) is 12.6. The van der Waals surface area contributed by atoms with Crippen LogP contribution in [0.1, 0.15) is 17.2 Å². The Hall–Kier alpha value is -4.45. The van der Waals surface area contributed by atoms with E-state index in [-0.39, 0.29) is 9.79 Å². The van der Waals surface area contributed by atoms with Crippen molar-refractivity contribution in [3.8, 4) is 17.2 Å². The van der Waals surface area contributed by atoms with Gasteiger partial charge >= 0.3 is 0 Å². The summed E-state index contributed by atoms with van der Waals surface area (Å²) >= 11 is 7.19. The number of carbonyl (C=O) groups is 1. The van der Waals surface area contributed by atoms with E-state index in [2.05, 4.69) is 15.3 Å². The van der Waals surface area contributed by atoms with Gasteiger partial charge in [-0.1, -0.05) is 35.1 Å². The molecule has 0 saturated heterocycles. The van der Waals surface area contributed by atoms with Crippen LogP contribution in [0.4, 0.5) is 5.13 Å². The molecule has 0 fully saturated rings. The Balaban J connectivity index is 1.46. The van der Waals surface area contributed by atoms with Gasteiger partial charge in [0.2, 0.25) is 15.9 Å². The molecule has 1 aromatic heterocycles. The summed E-state index contributed by atoms with van der Waals surface area (Å²) in [6.07, 6.45) is 0.569. The number of fused-ring (bicyclic) bond motifs is 1. The Morgan fingerprint density at radius 1 is 0.930 bits per heavy atom. The van der Waals surface area contributed by atoms with Crippen LogP contribution >= 0.6 is 22.9 Å². The molecule has 4 aromatic carbocycles. The number of hydrogen-bond acceptors (Lipinski definition) is 9. The minimum Gasteiger partial charge on any atom is -0.493 e. The Labute approximate surface area is 257 Å². The van der Waals surface area contributed by atoms with Crippen molar-refractivity contribution < 1.29 is 27.4 Å². The molecule has 0 aliphatic heterocycles. The second kappa shape index (κ2) is 12.8. The number of ether oxygens (including phenoxy) is 3. The number of nitrogens with zero attached hydrogens (tertiary/aromatic N) is 2. The third kappa shape index (κ3) is 6.64. The first-order valence-corrected chi connectivity index (χ1v) is 15.5. The van der Waals surface area contributed by atoms with Crippen molar-refractivity contribution in [1.29, 1.82) is 0 Å². The minimum atomic E-state index is -3.80. The molecule has 0 aliphatic carbocycles. The Kier molecular flexibility index (Phi) is 8.95. The number of aliphatic imine (C=N–C) groups is 1. The first kappa shape index (κ1) is 30.0. The summed E-state index contributed by atoms with van der Waals surface area (Å²) < 4.78 is 44.0. The number of hydrogen-bond donors (Lipinski definition) is 1. The molecule has 12 heteroatoms. The molecule has 43 heavy (non-hydrogen) atoms. The third-order valence-corrected chi connectivity index (χ3v) is 9.36. The molecule has 1 heterocycles. The summed E-state index contributed by atoms with van der Waals surface area (Å²) in [7, 11) is 0.953. The number of aromatic nitrogens is 1. The van der Waals surface area contributed by atoms with Gasteiger partial charge in [-0.25, -0.2) is 13.4 Å². The number of anilines is 1. The average Bonchev–Trinajstić information content (AvgIpc) is 3.41. The predicted molar refractivity (Wildman–Crippen MR) is 168 cm³/mol. The molecule has 0 radical (unpaired) electrons. The number of nitrogens with one attached hydrogen (secondary N) is 1. The standard InChI is InChI=1S/C31H26ClN3O6S2/c1-33-18-19-4-10-22(11-5-19)41-29(20-6-12-23(13-7-20)43(37,38)24-14-8-21(32)9-15-24)30(36)35-31-34-25-16-26(39-2)27(40-3)17-28(25)42-31/h4-18,29H,1-3H3,(H,34,35,36). The van der Waals surface area contributed by atoms with Crippen molar-refractivity contribution in [3.05, 3.63) is 101 Å². The van der Waals surface area contributed by atoms with E-state index in [0.717, 1.165) is 10.3 Å². The van der Waals surface area contributed by atoms with Crippen molar-refractivity contribution in [3.63, 3.8) is 0 Å². The first-order chi connectivity index (χ1) is 20.7. The number of halogens is 1. The summed E-state index contributed by atoms with van der Waals surface area (Å²) in [5.74, 6) is 1.00. The summed E-state index contributed by atoms with van der Waals surface area (Å²) in [5.41, 5.74) is 1.93. The quantitative estimate of drug-likeness (QED) is 0.172. The molecule has 0 aliphatic rings. The zero-order valence-electron chi connectivity index (χ0n) is 23.3. The van der Waals surface area contributed by atoms with Crippen molar-refractivity contribution in [2.75, 3.05) is 26.6 Å². The summed E-state index contributed by atoms with van der Waals surface area (Å²) in [4.78, 5) is 22.4. The Bertz CT molecular complexity index is 1850. The van der Waals surface area contributed by atoms with Crippen molar-refractivity contribution >= 4 is 60.2 Å². The maximum atomic E-state index is 13.7. The predicted octanol–water partition coefficient (Wildman–Crippen LogP) is 6.61. The van der Waals surface area contributed by atoms with E-state index in [0.29, 0.717) is 38.5 Å². The van der Waals surface area contributed by atoms with Gasteiger partial charge in [0.15, 0.2) is 16.6 Å². The van der Waals surface area contributed by atoms with E-state index >= 15 is 0 Å². The van der Waals surface area contributed by atoms with Crippen LogP contribution in [0.2, 0.25) is 5.02 Å². The van der Waals surface area contributed by atoms with Gasteiger partial charge in [0.1, 0.15) is 5.75 Å². The van der Waals surface area contributed by atoms with Crippen LogP contribution in [0.25, 0.3) is 10.2 Å². The molecule has 9 nitrogen and oxygen atoms in total. The number of methoxy groups -OCH3 is 2. The molecule has 1 atom stereocenters. The van der Waals surface area contributed by atoms with Gasteiger partial charge in [-0.05, 0) is 66.2 Å². The van der Waals surface area contributed by atoms with Gasteiger partial charge in [-0.3, -0.25) is 15.1 Å². The van der Waals surface area contributed by atoms with Gasteiger partial charge in [-0.15, -0.1) is 0 Å². The summed E-state index contributed by atoms with van der Waals surface area (Å²) in [6.45, 7) is 0. The fraction of sp³-hybridized carbons (Fsp3) is 0.129. The monoisotopic (exact) mass is 635 g/mol. The van der Waals surface area contributed by atoms with Crippen LogP contribution in [-0.2, 0) is 14.6 Å². The highest BCUT2D eigenvalue weighted by Crippen LogP contribution is 2.37. The molecule has 1 N–H and O–H groups in total. The van der Waals surface area contributed by atoms with Gasteiger partial charge in [0, 0.05) is 36.0 Å². The van der Waals surface area contributed by atoms with Crippen LogP contribution in [0.3, 0.4) is 0 Å². The zero-order chi connectivity index (χ0) is 30.6. The van der Waals surface area contributed by atoms with Crippen molar-refractivity contribution in [2.24, 2.45) is 4.99 Å². The third-order valence-electron chi connectivity index (χ3n) is 6.39. The van der Waals surface area contributed by atoms with Gasteiger partial charge < -0.3 is 14.2 Å². The molecule has 1 amide bonds. The number of thiazole rings is 1. The lowest BCUT2D eigenvalue weighted by Gasteiger charge is -2.19. The molecule has 0 spiro atoms. The lowest BCUT2D eigenvalue weighted by Crippen LogP contribution is -2.25. The SMILES string of the molecule is CN=Cc1ccc(OC(C(=O)Nc2nc3cc(OC)c(OC)cc3s2)c2ccc(S(=O)(=O)c3ccc(Cl)cc3)cc2)cc1. The van der Waals surface area contributed by atoms with E-state index in [1.54, 1.807) is 56.8 Å². The minimum absolute atomic E-state index is 0.0648. The van der Waals surface area contributed by atoms with E-state index in [9.17, 15) is 13.2 Å². The largest absolute Gasteiger partial charge is 0.493 e. The van der Waals surface area contributed by atoms with Crippen LogP contribution in [0.5, 0.6) is 17.2 Å². The maximum Gasteiger partial charge on any atom is 0.271 e. The van der Waals surface area contributed by atoms with Crippen molar-refractivity contribution in [2.45, 2.75) is 15.9 Å². The Morgan fingerprint density at radius 2 is 1.53 bits per heavy atom. The highest BCUT2D eigenvalue weighted by molar-refractivity contribution is 7.91. The smallest absolute Gasteiger partial charge is 0.271 e. The molecule has 0 saturated carbocycles. The highest BCUT2D eigenvalue weighted by Gasteiger charge is 2.26. The number of amides is 1. The van der Waals surface area contributed by atoms with E-state index in [1.165, 1.54) is 54.8 Å². The molecule has 1 unspecified atom stereocenters. The van der Waals surface area contributed by atoms with Crippen LogP contribution in [-0.4, -0.2) is 46.8 Å². The fourth-order valence-corrected chi connectivity index (χ4v) is 6.51.